The number of aryl methyl sites for hydroxylation is 1. The van der Waals surface area contributed by atoms with Crippen LogP contribution < -0.4 is 0 Å². The van der Waals surface area contributed by atoms with E-state index < -0.39 is 18.0 Å². The van der Waals surface area contributed by atoms with E-state index in [-0.39, 0.29) is 0 Å². The molecule has 0 aliphatic heterocycles. The molecule has 1 aromatic heterocycles. The third kappa shape index (κ3) is 2.34. The Kier molecular flexibility index (Phi) is 3.69. The molecule has 0 aliphatic rings. The Hall–Kier alpha value is -0.390. The molecule has 0 fully saturated rings. The van der Waals surface area contributed by atoms with Crippen LogP contribution in [-0.4, -0.2) is 16.2 Å². The van der Waals surface area contributed by atoms with Crippen molar-refractivity contribution in [2.45, 2.75) is 20.0 Å². The second-order valence-electron chi connectivity index (χ2n) is 3.12. The van der Waals surface area contributed by atoms with Gasteiger partial charge in [0.2, 0.25) is 0 Å². The van der Waals surface area contributed by atoms with Crippen molar-refractivity contribution < 1.29 is 15.0 Å². The lowest BCUT2D eigenvalue weighted by Gasteiger charge is -2.12. The van der Waals surface area contributed by atoms with Gasteiger partial charge in [-0.1, -0.05) is 0 Å². The van der Waals surface area contributed by atoms with Crippen LogP contribution in [0.15, 0.2) is 10.5 Å². The zero-order chi connectivity index (χ0) is 10.9. The molecule has 1 heterocycles. The Labute approximate surface area is 94.5 Å². The fourth-order valence-electron chi connectivity index (χ4n) is 1.01. The molecule has 0 spiro atoms. The molecule has 1 aromatic rings. The Morgan fingerprint density at radius 3 is 2.57 bits per heavy atom. The molecule has 0 aliphatic carbocycles. The van der Waals surface area contributed by atoms with E-state index in [1.807, 2.05) is 6.92 Å². The van der Waals surface area contributed by atoms with Crippen LogP contribution in [0.5, 0.6) is 0 Å². The Morgan fingerprint density at radius 2 is 2.21 bits per heavy atom. The second kappa shape index (κ2) is 4.42. The molecule has 5 heteroatoms. The third-order valence-electron chi connectivity index (χ3n) is 2.03. The largest absolute Gasteiger partial charge is 0.481 e. The van der Waals surface area contributed by atoms with Crippen LogP contribution in [0, 0.1) is 12.8 Å². The standard InChI is InChI=1S/C9H11BrO3S/c1-4(9(12)13)8(11)7-3-6(10)5(2)14-7/h3-4,8,11H,1-2H3,(H,12,13). The minimum Gasteiger partial charge on any atom is -0.481 e. The van der Waals surface area contributed by atoms with Crippen molar-refractivity contribution in [3.63, 3.8) is 0 Å². The lowest BCUT2D eigenvalue weighted by molar-refractivity contribution is -0.144. The first-order valence-corrected chi connectivity index (χ1v) is 5.71. The summed E-state index contributed by atoms with van der Waals surface area (Å²) in [5.74, 6) is -1.76. The number of aliphatic hydroxyl groups is 1. The molecule has 14 heavy (non-hydrogen) atoms. The summed E-state index contributed by atoms with van der Waals surface area (Å²) in [6.45, 7) is 3.41. The van der Waals surface area contributed by atoms with Crippen LogP contribution in [0.2, 0.25) is 0 Å². The molecule has 0 radical (unpaired) electrons. The molecule has 1 rings (SSSR count). The molecule has 0 amide bonds. The summed E-state index contributed by atoms with van der Waals surface area (Å²) in [5.41, 5.74) is 0. The summed E-state index contributed by atoms with van der Waals surface area (Å²) < 4.78 is 0.911. The van der Waals surface area contributed by atoms with Crippen LogP contribution in [0.4, 0.5) is 0 Å². The molecule has 2 atom stereocenters. The van der Waals surface area contributed by atoms with E-state index in [2.05, 4.69) is 15.9 Å². The highest BCUT2D eigenvalue weighted by atomic mass is 79.9. The summed E-state index contributed by atoms with van der Waals surface area (Å²) in [6, 6.07) is 1.77. The molecule has 0 aromatic carbocycles. The van der Waals surface area contributed by atoms with Gasteiger partial charge in [-0.3, -0.25) is 4.79 Å². The van der Waals surface area contributed by atoms with Crippen molar-refractivity contribution in [1.29, 1.82) is 0 Å². The number of carbonyl (C=O) groups is 1. The molecular weight excluding hydrogens is 268 g/mol. The van der Waals surface area contributed by atoms with Crippen LogP contribution in [0.3, 0.4) is 0 Å². The molecule has 2 N–H and O–H groups in total. The summed E-state index contributed by atoms with van der Waals surface area (Å²) in [6.07, 6.45) is -0.928. The van der Waals surface area contributed by atoms with E-state index in [4.69, 9.17) is 5.11 Å². The van der Waals surface area contributed by atoms with Gasteiger partial charge in [-0.05, 0) is 35.8 Å². The number of carboxylic acid groups (broad SMARTS) is 1. The summed E-state index contributed by atoms with van der Waals surface area (Å²) >= 11 is 4.73. The highest BCUT2D eigenvalue weighted by molar-refractivity contribution is 9.10. The fourth-order valence-corrected chi connectivity index (χ4v) is 2.66. The maximum atomic E-state index is 10.6. The number of aliphatic hydroxyl groups excluding tert-OH is 1. The van der Waals surface area contributed by atoms with E-state index >= 15 is 0 Å². The SMILES string of the molecule is Cc1sc(C(O)C(C)C(=O)O)cc1Br. The number of halogens is 1. The normalized spacial score (nSPS) is 15.1. The van der Waals surface area contributed by atoms with Crippen LogP contribution >= 0.6 is 27.3 Å². The van der Waals surface area contributed by atoms with Crippen molar-refractivity contribution in [2.24, 2.45) is 5.92 Å². The average molecular weight is 279 g/mol. The maximum Gasteiger partial charge on any atom is 0.309 e. The maximum absolute atomic E-state index is 10.6. The third-order valence-corrected chi connectivity index (χ3v) is 4.24. The van der Waals surface area contributed by atoms with Gasteiger partial charge in [0.05, 0.1) is 5.92 Å². The van der Waals surface area contributed by atoms with E-state index in [1.165, 1.54) is 18.3 Å². The van der Waals surface area contributed by atoms with Crippen molar-refractivity contribution >= 4 is 33.2 Å². The van der Waals surface area contributed by atoms with E-state index in [9.17, 15) is 9.90 Å². The minimum absolute atomic E-state index is 0.685. The first-order valence-electron chi connectivity index (χ1n) is 4.10. The van der Waals surface area contributed by atoms with Gasteiger partial charge in [-0.2, -0.15) is 0 Å². The predicted octanol–water partition coefficient (Wildman–Crippen LogP) is 2.57. The van der Waals surface area contributed by atoms with Crippen LogP contribution in [-0.2, 0) is 4.79 Å². The lowest BCUT2D eigenvalue weighted by atomic mass is 10.0. The van der Waals surface area contributed by atoms with E-state index in [1.54, 1.807) is 6.07 Å². The molecule has 0 bridgehead atoms. The summed E-state index contributed by atoms with van der Waals surface area (Å²) in [5, 5.41) is 18.4. The topological polar surface area (TPSA) is 57.5 Å². The Balaban J connectivity index is 2.89. The van der Waals surface area contributed by atoms with Crippen molar-refractivity contribution in [1.82, 2.24) is 0 Å². The van der Waals surface area contributed by atoms with E-state index in [0.29, 0.717) is 4.88 Å². The highest BCUT2D eigenvalue weighted by Gasteiger charge is 2.24. The zero-order valence-electron chi connectivity index (χ0n) is 7.82. The van der Waals surface area contributed by atoms with E-state index in [0.717, 1.165) is 9.35 Å². The molecule has 78 valence electrons. The number of rotatable bonds is 3. The quantitative estimate of drug-likeness (QED) is 0.894. The van der Waals surface area contributed by atoms with Crippen LogP contribution in [0.1, 0.15) is 22.8 Å². The van der Waals surface area contributed by atoms with Gasteiger partial charge in [0.25, 0.3) is 0 Å². The number of carboxylic acids is 1. The zero-order valence-corrected chi connectivity index (χ0v) is 10.2. The van der Waals surface area contributed by atoms with Gasteiger partial charge in [-0.15, -0.1) is 11.3 Å². The molecule has 3 nitrogen and oxygen atoms in total. The first kappa shape index (κ1) is 11.7. The van der Waals surface area contributed by atoms with Gasteiger partial charge in [0, 0.05) is 14.2 Å². The highest BCUT2D eigenvalue weighted by Crippen LogP contribution is 2.33. The molecule has 0 saturated carbocycles. The summed E-state index contributed by atoms with van der Waals surface area (Å²) in [7, 11) is 0. The monoisotopic (exact) mass is 278 g/mol. The predicted molar refractivity (Wildman–Crippen MR) is 58.5 cm³/mol. The number of aliphatic carboxylic acids is 1. The van der Waals surface area contributed by atoms with Gasteiger partial charge >= 0.3 is 5.97 Å². The van der Waals surface area contributed by atoms with Crippen LogP contribution in [0.25, 0.3) is 0 Å². The van der Waals surface area contributed by atoms with Crippen molar-refractivity contribution in [3.05, 3.63) is 20.3 Å². The Morgan fingerprint density at radius 1 is 1.64 bits per heavy atom. The summed E-state index contributed by atoms with van der Waals surface area (Å²) in [4.78, 5) is 12.4. The number of hydrogen-bond donors (Lipinski definition) is 2. The van der Waals surface area contributed by atoms with Gasteiger partial charge in [0.15, 0.2) is 0 Å². The van der Waals surface area contributed by atoms with Gasteiger partial charge in [-0.25, -0.2) is 0 Å². The molecular formula is C9H11BrO3S. The lowest BCUT2D eigenvalue weighted by Crippen LogP contribution is -2.17. The molecule has 0 saturated heterocycles. The first-order chi connectivity index (χ1) is 6.43. The Bertz CT molecular complexity index is 328. The smallest absolute Gasteiger partial charge is 0.309 e. The second-order valence-corrected chi connectivity index (χ2v) is 5.27. The van der Waals surface area contributed by atoms with Gasteiger partial charge < -0.3 is 10.2 Å². The van der Waals surface area contributed by atoms with Crippen molar-refractivity contribution in [3.8, 4) is 0 Å². The number of thiophene rings is 1. The van der Waals surface area contributed by atoms with Gasteiger partial charge in [0.1, 0.15) is 6.10 Å². The number of hydrogen-bond acceptors (Lipinski definition) is 3. The fraction of sp³-hybridized carbons (Fsp3) is 0.444. The minimum atomic E-state index is -0.986. The van der Waals surface area contributed by atoms with Crippen molar-refractivity contribution in [2.75, 3.05) is 0 Å². The average Bonchev–Trinajstić information content (AvgIpc) is 2.44. The molecule has 2 unspecified atom stereocenters.